The lowest BCUT2D eigenvalue weighted by molar-refractivity contribution is 0.0202. The Labute approximate surface area is 138 Å². The number of nitrogens with zero attached hydrogens (tertiary/aromatic N) is 3. The quantitative estimate of drug-likeness (QED) is 0.807. The van der Waals surface area contributed by atoms with Crippen molar-refractivity contribution in [3.8, 4) is 0 Å². The predicted molar refractivity (Wildman–Crippen MR) is 93.6 cm³/mol. The van der Waals surface area contributed by atoms with E-state index in [1.54, 1.807) is 0 Å². The topological polar surface area (TPSA) is 64.3 Å². The van der Waals surface area contributed by atoms with Crippen LogP contribution in [-0.2, 0) is 10.2 Å². The van der Waals surface area contributed by atoms with E-state index < -0.39 is 0 Å². The van der Waals surface area contributed by atoms with Crippen LogP contribution >= 0.6 is 0 Å². The molecular formula is C18H28N4O. The number of allylic oxidation sites excluding steroid dienone is 1. The van der Waals surface area contributed by atoms with Crippen molar-refractivity contribution < 1.29 is 4.74 Å². The first kappa shape index (κ1) is 16.2. The molecule has 1 spiro atoms. The Bertz CT molecular complexity index is 585. The molecule has 0 radical (unpaired) electrons. The monoisotopic (exact) mass is 316 g/mol. The zero-order chi connectivity index (χ0) is 16.5. The van der Waals surface area contributed by atoms with Crippen LogP contribution in [0.25, 0.3) is 0 Å². The smallest absolute Gasteiger partial charge is 0.227 e. The minimum absolute atomic E-state index is 0.0378. The maximum Gasteiger partial charge on any atom is 0.227 e. The summed E-state index contributed by atoms with van der Waals surface area (Å²) in [5, 5.41) is 0. The molecule has 1 fully saturated rings. The highest BCUT2D eigenvalue weighted by Crippen LogP contribution is 2.38. The van der Waals surface area contributed by atoms with Gasteiger partial charge in [0.2, 0.25) is 5.95 Å². The van der Waals surface area contributed by atoms with Gasteiger partial charge in [-0.3, -0.25) is 0 Å². The van der Waals surface area contributed by atoms with Gasteiger partial charge in [-0.1, -0.05) is 32.9 Å². The third kappa shape index (κ3) is 3.66. The highest BCUT2D eigenvalue weighted by Gasteiger charge is 2.35. The first-order valence-corrected chi connectivity index (χ1v) is 8.51. The molecule has 23 heavy (non-hydrogen) atoms. The molecule has 2 aliphatic heterocycles. The standard InChI is InChI=1S/C18H28N4O/c1-17(2,3)14-12-15(19)21-16(20-14)22-9-5-4-6-18(13-22)7-10-23-11-8-18/h4-5,12H,6-11,13H2,1-3H3,(H2,19,20,21). The van der Waals surface area contributed by atoms with E-state index in [0.717, 1.165) is 57.2 Å². The summed E-state index contributed by atoms with van der Waals surface area (Å²) in [4.78, 5) is 11.6. The summed E-state index contributed by atoms with van der Waals surface area (Å²) in [6, 6.07) is 1.89. The van der Waals surface area contributed by atoms with Crippen LogP contribution in [0.2, 0.25) is 0 Å². The van der Waals surface area contributed by atoms with Crippen molar-refractivity contribution in [3.63, 3.8) is 0 Å². The molecule has 0 aliphatic carbocycles. The number of rotatable bonds is 1. The molecule has 0 unspecified atom stereocenters. The van der Waals surface area contributed by atoms with E-state index in [9.17, 15) is 0 Å². The van der Waals surface area contributed by atoms with Crippen LogP contribution in [0.1, 0.15) is 45.7 Å². The molecule has 0 bridgehead atoms. The lowest BCUT2D eigenvalue weighted by Gasteiger charge is -2.39. The van der Waals surface area contributed by atoms with Crippen molar-refractivity contribution in [2.24, 2.45) is 5.41 Å². The van der Waals surface area contributed by atoms with Gasteiger partial charge in [-0.2, -0.15) is 4.98 Å². The lowest BCUT2D eigenvalue weighted by Crippen LogP contribution is -2.41. The Balaban J connectivity index is 1.91. The van der Waals surface area contributed by atoms with Crippen LogP contribution in [-0.4, -0.2) is 36.3 Å². The van der Waals surface area contributed by atoms with Gasteiger partial charge in [-0.05, 0) is 24.7 Å². The van der Waals surface area contributed by atoms with E-state index in [4.69, 9.17) is 15.5 Å². The molecule has 0 amide bonds. The Kier molecular flexibility index (Phi) is 4.32. The molecule has 3 heterocycles. The SMILES string of the molecule is CC(C)(C)c1cc(N)nc(N2CC=CCC3(CCOCC3)C2)n1. The van der Waals surface area contributed by atoms with E-state index in [2.05, 4.69) is 42.8 Å². The van der Waals surface area contributed by atoms with Crippen LogP contribution in [0.4, 0.5) is 11.8 Å². The molecule has 5 heteroatoms. The Hall–Kier alpha value is -1.62. The molecule has 3 rings (SSSR count). The molecule has 2 aliphatic rings. The molecule has 2 N–H and O–H groups in total. The number of nitrogen functional groups attached to an aromatic ring is 1. The summed E-state index contributed by atoms with van der Waals surface area (Å²) < 4.78 is 5.57. The van der Waals surface area contributed by atoms with E-state index in [1.165, 1.54) is 0 Å². The molecule has 0 atom stereocenters. The van der Waals surface area contributed by atoms with Crippen molar-refractivity contribution in [2.75, 3.05) is 36.9 Å². The first-order chi connectivity index (χ1) is 10.9. The molecule has 1 aromatic rings. The number of nitrogens with two attached hydrogens (primary N) is 1. The second-order valence-electron chi connectivity index (χ2n) is 7.90. The summed E-state index contributed by atoms with van der Waals surface area (Å²) in [6.45, 7) is 9.98. The predicted octanol–water partition coefficient (Wildman–Crippen LogP) is 2.92. The minimum Gasteiger partial charge on any atom is -0.384 e. The molecule has 1 saturated heterocycles. The Morgan fingerprint density at radius 3 is 2.61 bits per heavy atom. The van der Waals surface area contributed by atoms with Gasteiger partial charge in [0.15, 0.2) is 0 Å². The van der Waals surface area contributed by atoms with E-state index >= 15 is 0 Å². The van der Waals surface area contributed by atoms with Crippen molar-refractivity contribution in [1.29, 1.82) is 0 Å². The molecule has 0 saturated carbocycles. The molecular weight excluding hydrogens is 288 g/mol. The minimum atomic E-state index is -0.0378. The van der Waals surface area contributed by atoms with E-state index in [-0.39, 0.29) is 10.8 Å². The third-order valence-electron chi connectivity index (χ3n) is 4.91. The highest BCUT2D eigenvalue weighted by molar-refractivity contribution is 5.43. The number of aromatic nitrogens is 2. The van der Waals surface area contributed by atoms with Crippen LogP contribution in [0.15, 0.2) is 18.2 Å². The summed E-state index contributed by atoms with van der Waals surface area (Å²) in [5.74, 6) is 1.31. The average molecular weight is 316 g/mol. The van der Waals surface area contributed by atoms with Crippen LogP contribution in [0.3, 0.4) is 0 Å². The summed E-state index contributed by atoms with van der Waals surface area (Å²) in [5.41, 5.74) is 7.29. The molecule has 1 aromatic heterocycles. The summed E-state index contributed by atoms with van der Waals surface area (Å²) >= 11 is 0. The fraction of sp³-hybridized carbons (Fsp3) is 0.667. The fourth-order valence-electron chi connectivity index (χ4n) is 3.37. The number of hydrogen-bond donors (Lipinski definition) is 1. The van der Waals surface area contributed by atoms with Gasteiger partial charge in [-0.25, -0.2) is 4.98 Å². The Morgan fingerprint density at radius 1 is 1.17 bits per heavy atom. The maximum absolute atomic E-state index is 6.06. The van der Waals surface area contributed by atoms with Crippen LogP contribution < -0.4 is 10.6 Å². The van der Waals surface area contributed by atoms with E-state index in [0.29, 0.717) is 5.82 Å². The number of hydrogen-bond acceptors (Lipinski definition) is 5. The average Bonchev–Trinajstić information content (AvgIpc) is 2.69. The van der Waals surface area contributed by atoms with Crippen molar-refractivity contribution in [3.05, 3.63) is 23.9 Å². The van der Waals surface area contributed by atoms with Gasteiger partial charge < -0.3 is 15.4 Å². The second kappa shape index (κ2) is 6.11. The summed E-state index contributed by atoms with van der Waals surface area (Å²) in [6.07, 6.45) is 7.85. The molecule has 0 aromatic carbocycles. The second-order valence-corrected chi connectivity index (χ2v) is 7.90. The van der Waals surface area contributed by atoms with Gasteiger partial charge in [-0.15, -0.1) is 0 Å². The summed E-state index contributed by atoms with van der Waals surface area (Å²) in [7, 11) is 0. The van der Waals surface area contributed by atoms with Crippen LogP contribution in [0, 0.1) is 5.41 Å². The molecule has 126 valence electrons. The van der Waals surface area contributed by atoms with Gasteiger partial charge in [0.05, 0.1) is 5.69 Å². The van der Waals surface area contributed by atoms with Gasteiger partial charge >= 0.3 is 0 Å². The Morgan fingerprint density at radius 2 is 1.91 bits per heavy atom. The number of anilines is 2. The largest absolute Gasteiger partial charge is 0.384 e. The first-order valence-electron chi connectivity index (χ1n) is 8.51. The zero-order valence-electron chi connectivity index (χ0n) is 14.5. The zero-order valence-corrected chi connectivity index (χ0v) is 14.5. The van der Waals surface area contributed by atoms with Gasteiger partial charge in [0.25, 0.3) is 0 Å². The third-order valence-corrected chi connectivity index (χ3v) is 4.91. The lowest BCUT2D eigenvalue weighted by atomic mass is 9.77. The van der Waals surface area contributed by atoms with Gasteiger partial charge in [0.1, 0.15) is 5.82 Å². The van der Waals surface area contributed by atoms with E-state index in [1.807, 2.05) is 6.07 Å². The van der Waals surface area contributed by atoms with Crippen molar-refractivity contribution >= 4 is 11.8 Å². The van der Waals surface area contributed by atoms with Crippen molar-refractivity contribution in [2.45, 2.75) is 45.4 Å². The van der Waals surface area contributed by atoms with Crippen LogP contribution in [0.5, 0.6) is 0 Å². The number of ether oxygens (including phenoxy) is 1. The highest BCUT2D eigenvalue weighted by atomic mass is 16.5. The molecule has 5 nitrogen and oxygen atoms in total. The fourth-order valence-corrected chi connectivity index (χ4v) is 3.37. The normalized spacial score (nSPS) is 21.4. The van der Waals surface area contributed by atoms with Gasteiger partial charge in [0, 0.05) is 37.8 Å². The van der Waals surface area contributed by atoms with Crippen molar-refractivity contribution in [1.82, 2.24) is 9.97 Å². The maximum atomic E-state index is 6.06.